The fourth-order valence-electron chi connectivity index (χ4n) is 5.21. The first-order chi connectivity index (χ1) is 19.3. The predicted molar refractivity (Wildman–Crippen MR) is 140 cm³/mol. The molecule has 0 amide bonds. The third-order valence-corrected chi connectivity index (χ3v) is 7.57. The number of rotatable bonds is 9. The van der Waals surface area contributed by atoms with Gasteiger partial charge in [0.2, 0.25) is 11.7 Å². The molecular formula is C29H32F6N4O2. The predicted octanol–water partition coefficient (Wildman–Crippen LogP) is 8.02. The van der Waals surface area contributed by atoms with Gasteiger partial charge >= 0.3 is 12.4 Å². The van der Waals surface area contributed by atoms with Crippen LogP contribution in [0.2, 0.25) is 0 Å². The number of halogens is 6. The zero-order valence-electron chi connectivity index (χ0n) is 22.5. The first kappa shape index (κ1) is 30.4. The first-order valence-electron chi connectivity index (χ1n) is 13.5. The quantitative estimate of drug-likeness (QED) is 0.0875. The van der Waals surface area contributed by atoms with Gasteiger partial charge in [0.1, 0.15) is 5.75 Å². The van der Waals surface area contributed by atoms with Crippen LogP contribution < -0.4 is 10.5 Å². The minimum Gasteiger partial charge on any atom is -0.493 e. The maximum absolute atomic E-state index is 13.9. The van der Waals surface area contributed by atoms with E-state index in [1.54, 1.807) is 0 Å². The molecule has 222 valence electrons. The summed E-state index contributed by atoms with van der Waals surface area (Å²) in [6, 6.07) is 8.40. The minimum atomic E-state index is -4.69. The molecule has 1 aromatic heterocycles. The van der Waals surface area contributed by atoms with E-state index in [2.05, 4.69) is 17.1 Å². The van der Waals surface area contributed by atoms with Crippen molar-refractivity contribution in [2.45, 2.75) is 70.1 Å². The van der Waals surface area contributed by atoms with Gasteiger partial charge in [0.05, 0.1) is 23.6 Å². The van der Waals surface area contributed by atoms with Crippen LogP contribution in [0, 0.1) is 17.2 Å². The SMILES string of the molecule is CC1CCC[C@@H](c2nc(-c3ccc(OCCCCc4ccc(C(F)(F)F)cc4)c(C(F)(F)F)c3)no2)CC1C(=N)N. The number of aryl methyl sites for hydroxylation is 1. The molecule has 0 bridgehead atoms. The van der Waals surface area contributed by atoms with Crippen molar-refractivity contribution in [2.75, 3.05) is 6.61 Å². The van der Waals surface area contributed by atoms with Gasteiger partial charge in [-0.1, -0.05) is 30.6 Å². The van der Waals surface area contributed by atoms with Gasteiger partial charge in [-0.25, -0.2) is 0 Å². The summed E-state index contributed by atoms with van der Waals surface area (Å²) in [7, 11) is 0. The molecule has 1 saturated carbocycles. The van der Waals surface area contributed by atoms with E-state index in [1.165, 1.54) is 24.3 Å². The highest BCUT2D eigenvalue weighted by Gasteiger charge is 2.36. The second-order valence-electron chi connectivity index (χ2n) is 10.6. The maximum atomic E-state index is 13.9. The molecule has 3 aromatic rings. The summed E-state index contributed by atoms with van der Waals surface area (Å²) in [6.07, 6.45) is -4.56. The molecule has 6 nitrogen and oxygen atoms in total. The highest BCUT2D eigenvalue weighted by molar-refractivity contribution is 5.80. The molecule has 3 N–H and O–H groups in total. The van der Waals surface area contributed by atoms with Crippen molar-refractivity contribution in [1.29, 1.82) is 5.41 Å². The summed E-state index contributed by atoms with van der Waals surface area (Å²) >= 11 is 0. The number of nitrogens with two attached hydrogens (primary N) is 1. The molecule has 2 unspecified atom stereocenters. The van der Waals surface area contributed by atoms with E-state index >= 15 is 0 Å². The van der Waals surface area contributed by atoms with Crippen LogP contribution in [-0.4, -0.2) is 22.6 Å². The highest BCUT2D eigenvalue weighted by atomic mass is 19.4. The zero-order chi connectivity index (χ0) is 29.8. The van der Waals surface area contributed by atoms with Crippen LogP contribution in [-0.2, 0) is 18.8 Å². The topological polar surface area (TPSA) is 98.0 Å². The van der Waals surface area contributed by atoms with Crippen LogP contribution >= 0.6 is 0 Å². The lowest BCUT2D eigenvalue weighted by Gasteiger charge is -2.21. The Balaban J connectivity index is 1.39. The number of nitrogens with one attached hydrogen (secondary N) is 1. The van der Waals surface area contributed by atoms with E-state index in [4.69, 9.17) is 20.4 Å². The van der Waals surface area contributed by atoms with E-state index in [-0.39, 0.29) is 47.3 Å². The number of aromatic nitrogens is 2. The molecule has 1 heterocycles. The fraction of sp³-hybridized carbons (Fsp3) is 0.483. The number of hydrogen-bond donors (Lipinski definition) is 2. The van der Waals surface area contributed by atoms with Crippen LogP contribution in [0.4, 0.5) is 26.3 Å². The van der Waals surface area contributed by atoms with Gasteiger partial charge in [0.15, 0.2) is 0 Å². The number of amidine groups is 1. The van der Waals surface area contributed by atoms with Crippen molar-refractivity contribution in [3.05, 3.63) is 65.0 Å². The van der Waals surface area contributed by atoms with Crippen molar-refractivity contribution < 1.29 is 35.6 Å². The lowest BCUT2D eigenvalue weighted by atomic mass is 9.86. The molecule has 2 aromatic carbocycles. The van der Waals surface area contributed by atoms with Gasteiger partial charge in [-0.15, -0.1) is 0 Å². The third-order valence-electron chi connectivity index (χ3n) is 7.57. The van der Waals surface area contributed by atoms with E-state index in [9.17, 15) is 26.3 Å². The van der Waals surface area contributed by atoms with E-state index in [0.29, 0.717) is 37.1 Å². The number of nitrogens with zero attached hydrogens (tertiary/aromatic N) is 2. The molecule has 0 aliphatic heterocycles. The standard InChI is InChI=1S/C29H32F6N4O2/c1-17-5-4-7-20(15-22(17)25(36)37)27-38-26(39-41-27)19-10-13-24(23(16-19)29(33,34)35)40-14-3-2-6-18-8-11-21(12-9-18)28(30,31)32/h8-13,16-17,20,22H,2-7,14-15H2,1H3,(H3,36,37)/t17?,20-,22?/m1/s1. The van der Waals surface area contributed by atoms with Crippen LogP contribution in [0.25, 0.3) is 11.4 Å². The van der Waals surface area contributed by atoms with Gasteiger partial charge < -0.3 is 15.0 Å². The lowest BCUT2D eigenvalue weighted by Crippen LogP contribution is -2.28. The van der Waals surface area contributed by atoms with Gasteiger partial charge in [-0.3, -0.25) is 5.41 Å². The van der Waals surface area contributed by atoms with Crippen LogP contribution in [0.3, 0.4) is 0 Å². The van der Waals surface area contributed by atoms with E-state index in [1.807, 2.05) is 0 Å². The molecule has 1 aliphatic rings. The van der Waals surface area contributed by atoms with Crippen molar-refractivity contribution in [1.82, 2.24) is 10.1 Å². The summed E-state index contributed by atoms with van der Waals surface area (Å²) in [5.74, 6) is 0.109. The Morgan fingerprint density at radius 2 is 1.76 bits per heavy atom. The van der Waals surface area contributed by atoms with Crippen molar-refractivity contribution in [2.24, 2.45) is 17.6 Å². The smallest absolute Gasteiger partial charge is 0.419 e. The van der Waals surface area contributed by atoms with Gasteiger partial charge in [0, 0.05) is 17.4 Å². The average Bonchev–Trinajstić information content (AvgIpc) is 3.31. The Kier molecular flexibility index (Phi) is 9.28. The molecule has 4 rings (SSSR count). The van der Waals surface area contributed by atoms with Crippen molar-refractivity contribution >= 4 is 5.84 Å². The molecule has 12 heteroatoms. The molecule has 1 fully saturated rings. The second kappa shape index (κ2) is 12.5. The Labute approximate surface area is 233 Å². The fourth-order valence-corrected chi connectivity index (χ4v) is 5.21. The van der Waals surface area contributed by atoms with Crippen LogP contribution in [0.15, 0.2) is 47.0 Å². The molecule has 0 spiro atoms. The minimum absolute atomic E-state index is 0.00678. The summed E-state index contributed by atoms with van der Waals surface area (Å²) in [6.45, 7) is 2.06. The first-order valence-corrected chi connectivity index (χ1v) is 13.5. The average molecular weight is 583 g/mol. The number of benzene rings is 2. The number of hydrogen-bond acceptors (Lipinski definition) is 5. The molecule has 0 radical (unpaired) electrons. The largest absolute Gasteiger partial charge is 0.493 e. The summed E-state index contributed by atoms with van der Waals surface area (Å²) in [5, 5.41) is 11.8. The molecule has 1 aliphatic carbocycles. The molecular weight excluding hydrogens is 550 g/mol. The van der Waals surface area contributed by atoms with Crippen molar-refractivity contribution in [3.8, 4) is 17.1 Å². The molecule has 3 atom stereocenters. The third kappa shape index (κ3) is 7.80. The monoisotopic (exact) mass is 582 g/mol. The number of unbranched alkanes of at least 4 members (excludes halogenated alkanes) is 1. The van der Waals surface area contributed by atoms with Gasteiger partial charge in [0.25, 0.3) is 0 Å². The van der Waals surface area contributed by atoms with Crippen molar-refractivity contribution in [3.63, 3.8) is 0 Å². The maximum Gasteiger partial charge on any atom is 0.419 e. The van der Waals surface area contributed by atoms with E-state index in [0.717, 1.165) is 37.5 Å². The van der Waals surface area contributed by atoms with Gasteiger partial charge in [-0.05, 0) is 80.3 Å². The molecule has 0 saturated heterocycles. The van der Waals surface area contributed by atoms with E-state index < -0.39 is 23.5 Å². The number of alkyl halides is 6. The summed E-state index contributed by atoms with van der Waals surface area (Å²) < 4.78 is 90.7. The number of ether oxygens (including phenoxy) is 1. The highest BCUT2D eigenvalue weighted by Crippen LogP contribution is 2.40. The Morgan fingerprint density at radius 1 is 1.02 bits per heavy atom. The zero-order valence-corrected chi connectivity index (χ0v) is 22.5. The summed E-state index contributed by atoms with van der Waals surface area (Å²) in [4.78, 5) is 4.39. The second-order valence-corrected chi connectivity index (χ2v) is 10.6. The lowest BCUT2D eigenvalue weighted by molar-refractivity contribution is -0.139. The Morgan fingerprint density at radius 3 is 2.41 bits per heavy atom. The normalized spacial score (nSPS) is 20.0. The van der Waals surface area contributed by atoms with Crippen LogP contribution in [0.1, 0.15) is 73.9 Å². The summed E-state index contributed by atoms with van der Waals surface area (Å²) in [5.41, 5.74) is 4.93. The Hall–Kier alpha value is -3.57. The molecule has 41 heavy (non-hydrogen) atoms. The van der Waals surface area contributed by atoms with Gasteiger partial charge in [-0.2, -0.15) is 31.3 Å². The van der Waals surface area contributed by atoms with Crippen LogP contribution in [0.5, 0.6) is 5.75 Å². The Bertz CT molecular complexity index is 1320.